The Morgan fingerprint density at radius 1 is 0.368 bits per heavy atom. The molecule has 0 heterocycles. The number of carbonyl (C=O) groups excluding carboxylic acids is 3. The van der Waals surface area contributed by atoms with Crippen LogP contribution in [0.15, 0.2) is 72.9 Å². The van der Waals surface area contributed by atoms with Gasteiger partial charge in [0, 0.05) is 19.3 Å². The summed E-state index contributed by atoms with van der Waals surface area (Å²) >= 11 is 0. The second-order valence-electron chi connectivity index (χ2n) is 15.4. The van der Waals surface area contributed by atoms with Crippen LogP contribution in [0.3, 0.4) is 0 Å². The summed E-state index contributed by atoms with van der Waals surface area (Å²) in [5.41, 5.74) is 0. The van der Waals surface area contributed by atoms with Crippen molar-refractivity contribution < 1.29 is 28.6 Å². The molecule has 0 aliphatic rings. The van der Waals surface area contributed by atoms with Crippen molar-refractivity contribution in [3.05, 3.63) is 72.9 Å². The summed E-state index contributed by atoms with van der Waals surface area (Å²) in [6.45, 7) is 6.43. The number of esters is 3. The van der Waals surface area contributed by atoms with Gasteiger partial charge in [0.05, 0.1) is 0 Å². The van der Waals surface area contributed by atoms with Gasteiger partial charge >= 0.3 is 17.9 Å². The predicted molar refractivity (Wildman–Crippen MR) is 242 cm³/mol. The van der Waals surface area contributed by atoms with E-state index < -0.39 is 6.10 Å². The van der Waals surface area contributed by atoms with E-state index in [9.17, 15) is 14.4 Å². The molecule has 6 nitrogen and oxygen atoms in total. The maximum Gasteiger partial charge on any atom is 0.306 e. The Morgan fingerprint density at radius 2 is 0.702 bits per heavy atom. The summed E-state index contributed by atoms with van der Waals surface area (Å²) in [6.07, 6.45) is 56.0. The molecule has 0 saturated heterocycles. The standard InChI is InChI=1S/C51H86O6/c1-4-7-10-13-16-19-22-23-24-25-26-27-30-32-35-38-41-44-50(53)56-47-48(57-51(54)45-42-39-36-33-29-21-18-15-12-9-6-3)46-55-49(52)43-40-37-34-31-28-20-17-14-11-8-5-2/h14-21,23-24,28-29,48H,4-13,22,25-27,30-47H2,1-3H3/b17-14-,18-15-,19-16-,24-23-,28-20-,29-21-. The van der Waals surface area contributed by atoms with Gasteiger partial charge < -0.3 is 14.2 Å². The molecule has 0 amide bonds. The third-order valence-corrected chi connectivity index (χ3v) is 9.71. The van der Waals surface area contributed by atoms with Gasteiger partial charge in [-0.1, -0.05) is 177 Å². The fourth-order valence-corrected chi connectivity index (χ4v) is 6.07. The van der Waals surface area contributed by atoms with Crippen molar-refractivity contribution in [2.45, 2.75) is 219 Å². The first-order chi connectivity index (χ1) is 28.0. The van der Waals surface area contributed by atoms with Crippen LogP contribution in [-0.4, -0.2) is 37.2 Å². The number of rotatable bonds is 41. The van der Waals surface area contributed by atoms with Gasteiger partial charge in [-0.15, -0.1) is 0 Å². The van der Waals surface area contributed by atoms with E-state index in [1.807, 2.05) is 0 Å². The largest absolute Gasteiger partial charge is 0.462 e. The second-order valence-corrected chi connectivity index (χ2v) is 15.4. The van der Waals surface area contributed by atoms with Gasteiger partial charge in [-0.2, -0.15) is 0 Å². The number of hydrogen-bond acceptors (Lipinski definition) is 6. The van der Waals surface area contributed by atoms with Gasteiger partial charge in [-0.25, -0.2) is 0 Å². The molecule has 0 saturated carbocycles. The number of carbonyl (C=O) groups is 3. The molecule has 0 spiro atoms. The molecule has 1 atom stereocenters. The molecule has 0 fully saturated rings. The Labute approximate surface area is 351 Å². The lowest BCUT2D eigenvalue weighted by Crippen LogP contribution is -2.30. The molecule has 0 aromatic rings. The van der Waals surface area contributed by atoms with Crippen LogP contribution in [0.2, 0.25) is 0 Å². The highest BCUT2D eigenvalue weighted by Crippen LogP contribution is 2.13. The summed E-state index contributed by atoms with van der Waals surface area (Å²) < 4.78 is 16.7. The molecule has 0 aliphatic carbocycles. The van der Waals surface area contributed by atoms with Crippen LogP contribution in [0.4, 0.5) is 0 Å². The topological polar surface area (TPSA) is 78.9 Å². The minimum Gasteiger partial charge on any atom is -0.462 e. The first kappa shape index (κ1) is 53.9. The van der Waals surface area contributed by atoms with Gasteiger partial charge in [0.15, 0.2) is 6.10 Å². The minimum atomic E-state index is -0.801. The van der Waals surface area contributed by atoms with E-state index in [-0.39, 0.29) is 37.5 Å². The van der Waals surface area contributed by atoms with Crippen molar-refractivity contribution in [1.29, 1.82) is 0 Å². The molecule has 57 heavy (non-hydrogen) atoms. The number of hydrogen-bond donors (Lipinski definition) is 0. The smallest absolute Gasteiger partial charge is 0.306 e. The Kier molecular flexibility index (Phi) is 43.0. The van der Waals surface area contributed by atoms with Crippen molar-refractivity contribution in [2.75, 3.05) is 13.2 Å². The molecule has 326 valence electrons. The molecule has 6 heteroatoms. The van der Waals surface area contributed by atoms with Gasteiger partial charge in [0.2, 0.25) is 0 Å². The minimum absolute atomic E-state index is 0.0999. The van der Waals surface area contributed by atoms with Crippen LogP contribution in [0.25, 0.3) is 0 Å². The third kappa shape index (κ3) is 43.8. The average Bonchev–Trinajstić information content (AvgIpc) is 3.21. The van der Waals surface area contributed by atoms with Crippen LogP contribution < -0.4 is 0 Å². The van der Waals surface area contributed by atoms with Crippen molar-refractivity contribution in [2.24, 2.45) is 0 Å². The molecule has 0 rings (SSSR count). The highest BCUT2D eigenvalue weighted by molar-refractivity contribution is 5.71. The SMILES string of the molecule is CCCC/C=C\C=C/CCCCCC(=O)OCC(COC(=O)CCCCCCCCC/C=C\C/C=C\CCCCC)OC(=O)CCCCC/C=C\C=C/CCCC. The molecule has 0 aliphatic heterocycles. The first-order valence-corrected chi connectivity index (χ1v) is 23.5. The van der Waals surface area contributed by atoms with Crippen molar-refractivity contribution in [3.8, 4) is 0 Å². The zero-order valence-corrected chi connectivity index (χ0v) is 37.1. The highest BCUT2D eigenvalue weighted by atomic mass is 16.6. The average molecular weight is 795 g/mol. The zero-order chi connectivity index (χ0) is 41.5. The van der Waals surface area contributed by atoms with Crippen LogP contribution in [0.1, 0.15) is 213 Å². The Bertz CT molecular complexity index is 1100. The summed E-state index contributed by atoms with van der Waals surface area (Å²) in [5, 5.41) is 0. The predicted octanol–water partition coefficient (Wildman–Crippen LogP) is 15.1. The van der Waals surface area contributed by atoms with E-state index in [1.165, 1.54) is 77.0 Å². The van der Waals surface area contributed by atoms with Gasteiger partial charge in [0.25, 0.3) is 0 Å². The molecule has 0 radical (unpaired) electrons. The molecular formula is C51H86O6. The van der Waals surface area contributed by atoms with E-state index in [4.69, 9.17) is 14.2 Å². The van der Waals surface area contributed by atoms with E-state index in [1.54, 1.807) is 0 Å². The van der Waals surface area contributed by atoms with Gasteiger partial charge in [0.1, 0.15) is 13.2 Å². The number of ether oxygens (including phenoxy) is 3. The van der Waals surface area contributed by atoms with Gasteiger partial charge in [-0.3, -0.25) is 14.4 Å². The third-order valence-electron chi connectivity index (χ3n) is 9.71. The van der Waals surface area contributed by atoms with E-state index >= 15 is 0 Å². The molecular weight excluding hydrogens is 709 g/mol. The lowest BCUT2D eigenvalue weighted by molar-refractivity contribution is -0.167. The molecule has 0 aromatic heterocycles. The first-order valence-electron chi connectivity index (χ1n) is 23.5. The van der Waals surface area contributed by atoms with E-state index in [0.717, 1.165) is 96.3 Å². The van der Waals surface area contributed by atoms with Crippen LogP contribution in [0.5, 0.6) is 0 Å². The van der Waals surface area contributed by atoms with Crippen molar-refractivity contribution in [1.82, 2.24) is 0 Å². The van der Waals surface area contributed by atoms with Crippen molar-refractivity contribution in [3.63, 3.8) is 0 Å². The fourth-order valence-electron chi connectivity index (χ4n) is 6.07. The van der Waals surface area contributed by atoms with Crippen LogP contribution >= 0.6 is 0 Å². The van der Waals surface area contributed by atoms with Crippen molar-refractivity contribution >= 4 is 17.9 Å². The number of unbranched alkanes of at least 4 members (excludes halogenated alkanes) is 20. The Morgan fingerprint density at radius 3 is 1.14 bits per heavy atom. The van der Waals surface area contributed by atoms with Gasteiger partial charge in [-0.05, 0) is 89.9 Å². The van der Waals surface area contributed by atoms with E-state index in [2.05, 4.69) is 93.7 Å². The monoisotopic (exact) mass is 795 g/mol. The lowest BCUT2D eigenvalue weighted by atomic mass is 10.1. The second kappa shape index (κ2) is 45.6. The normalized spacial score (nSPS) is 12.7. The van der Waals surface area contributed by atoms with Crippen LogP contribution in [0, 0.1) is 0 Å². The quantitative estimate of drug-likeness (QED) is 0.0202. The summed E-state index contributed by atoms with van der Waals surface area (Å²) in [6, 6.07) is 0. The fraction of sp³-hybridized carbons (Fsp3) is 0.706. The molecule has 0 bridgehead atoms. The summed E-state index contributed by atoms with van der Waals surface area (Å²) in [7, 11) is 0. The summed E-state index contributed by atoms with van der Waals surface area (Å²) in [4.78, 5) is 37.7. The number of allylic oxidation sites excluding steroid dienone is 12. The molecule has 1 unspecified atom stereocenters. The Hall–Kier alpha value is -3.15. The maximum atomic E-state index is 12.7. The molecule has 0 N–H and O–H groups in total. The van der Waals surface area contributed by atoms with E-state index in [0.29, 0.717) is 12.8 Å². The lowest BCUT2D eigenvalue weighted by Gasteiger charge is -2.18. The zero-order valence-electron chi connectivity index (χ0n) is 37.1. The highest BCUT2D eigenvalue weighted by Gasteiger charge is 2.19. The van der Waals surface area contributed by atoms with Crippen LogP contribution in [-0.2, 0) is 28.6 Å². The summed E-state index contributed by atoms with van der Waals surface area (Å²) in [5.74, 6) is -0.970. The maximum absolute atomic E-state index is 12.7. The Balaban J connectivity index is 4.42. The molecule has 0 aromatic carbocycles.